The standard InChI is InChI=1S/C20H30N4O5S/c1-13-19(24-8-4-6-17(24)22-20(13)26)14-5-3-7-23(10-14)18(25)9-21-15-11-30(27,28)12-16(15)29-2/h14-16,21H,3-12H2,1-2H3/t14-,15-,16+/m0/s1. The molecule has 0 saturated carbocycles. The van der Waals surface area contributed by atoms with Crippen LogP contribution in [0.4, 0.5) is 0 Å². The Hall–Kier alpha value is -1.78. The van der Waals surface area contributed by atoms with Crippen molar-refractivity contribution in [3.8, 4) is 0 Å². The number of carbonyl (C=O) groups excluding carboxylic acids is 1. The number of carbonyl (C=O) groups is 1. The van der Waals surface area contributed by atoms with Gasteiger partial charge in [-0.3, -0.25) is 9.59 Å². The molecule has 9 nitrogen and oxygen atoms in total. The number of likely N-dealkylation sites (tertiary alicyclic amines) is 1. The van der Waals surface area contributed by atoms with Gasteiger partial charge in [0.2, 0.25) is 5.91 Å². The van der Waals surface area contributed by atoms with E-state index in [1.54, 1.807) is 0 Å². The summed E-state index contributed by atoms with van der Waals surface area (Å²) in [4.78, 5) is 31.3. The number of methoxy groups -OCH3 is 1. The van der Waals surface area contributed by atoms with E-state index >= 15 is 0 Å². The summed E-state index contributed by atoms with van der Waals surface area (Å²) in [6.07, 6.45) is 3.21. The molecule has 1 amide bonds. The Kier molecular flexibility index (Phi) is 6.00. The fraction of sp³-hybridized carbons (Fsp3) is 0.750. The second-order valence-electron chi connectivity index (χ2n) is 8.62. The second-order valence-corrected chi connectivity index (χ2v) is 10.8. The Balaban J connectivity index is 1.44. The van der Waals surface area contributed by atoms with E-state index in [0.29, 0.717) is 18.7 Å². The molecule has 0 aliphatic carbocycles. The average molecular weight is 439 g/mol. The van der Waals surface area contributed by atoms with E-state index in [0.717, 1.165) is 43.7 Å². The first-order valence-corrected chi connectivity index (χ1v) is 12.5. The van der Waals surface area contributed by atoms with Crippen LogP contribution in [0.1, 0.15) is 42.3 Å². The van der Waals surface area contributed by atoms with Crippen molar-refractivity contribution in [3.63, 3.8) is 0 Å². The fourth-order valence-corrected chi connectivity index (χ4v) is 6.95. The van der Waals surface area contributed by atoms with Crippen molar-refractivity contribution in [1.82, 2.24) is 19.8 Å². The lowest BCUT2D eigenvalue weighted by Gasteiger charge is -2.35. The number of fused-ring (bicyclic) bond motifs is 1. The highest BCUT2D eigenvalue weighted by atomic mass is 32.2. The van der Waals surface area contributed by atoms with Crippen LogP contribution in [0.3, 0.4) is 0 Å². The molecule has 166 valence electrons. The van der Waals surface area contributed by atoms with Gasteiger partial charge in [0.15, 0.2) is 9.84 Å². The monoisotopic (exact) mass is 438 g/mol. The summed E-state index contributed by atoms with van der Waals surface area (Å²) in [6.45, 7) is 4.04. The maximum absolute atomic E-state index is 12.9. The second kappa shape index (κ2) is 8.39. The number of nitrogens with one attached hydrogen (secondary N) is 1. The topological polar surface area (TPSA) is 111 Å². The molecule has 2 fully saturated rings. The van der Waals surface area contributed by atoms with Crippen LogP contribution < -0.4 is 10.9 Å². The highest BCUT2D eigenvalue weighted by molar-refractivity contribution is 7.91. The van der Waals surface area contributed by atoms with Gasteiger partial charge in [0, 0.05) is 56.4 Å². The van der Waals surface area contributed by atoms with Crippen molar-refractivity contribution in [1.29, 1.82) is 0 Å². The number of sulfone groups is 1. The number of rotatable bonds is 5. The van der Waals surface area contributed by atoms with Gasteiger partial charge in [-0.25, -0.2) is 8.42 Å². The number of aromatic nitrogens is 2. The lowest BCUT2D eigenvalue weighted by Crippen LogP contribution is -2.48. The van der Waals surface area contributed by atoms with Crippen molar-refractivity contribution in [2.75, 3.05) is 38.2 Å². The van der Waals surface area contributed by atoms with Gasteiger partial charge in [0.05, 0.1) is 24.2 Å². The third-order valence-corrected chi connectivity index (χ3v) is 8.30. The van der Waals surface area contributed by atoms with E-state index in [1.807, 2.05) is 11.8 Å². The molecule has 1 aromatic heterocycles. The van der Waals surface area contributed by atoms with Crippen LogP contribution in [-0.2, 0) is 32.3 Å². The number of ether oxygens (including phenoxy) is 1. The molecule has 1 N–H and O–H groups in total. The maximum Gasteiger partial charge on any atom is 0.276 e. The molecular formula is C20H30N4O5S. The molecular weight excluding hydrogens is 408 g/mol. The minimum Gasteiger partial charge on any atom is -0.379 e. The molecule has 3 atom stereocenters. The van der Waals surface area contributed by atoms with Gasteiger partial charge in [0.25, 0.3) is 5.56 Å². The van der Waals surface area contributed by atoms with Crippen molar-refractivity contribution in [2.24, 2.45) is 0 Å². The quantitative estimate of drug-likeness (QED) is 0.666. The summed E-state index contributed by atoms with van der Waals surface area (Å²) in [5.41, 5.74) is 1.57. The number of hydrogen-bond acceptors (Lipinski definition) is 7. The van der Waals surface area contributed by atoms with Crippen LogP contribution in [0.15, 0.2) is 4.79 Å². The van der Waals surface area contributed by atoms with Gasteiger partial charge in [0.1, 0.15) is 5.82 Å². The number of aryl methyl sites for hydroxylation is 1. The number of nitrogens with zero attached hydrogens (tertiary/aromatic N) is 3. The Morgan fingerprint density at radius 1 is 1.27 bits per heavy atom. The first-order valence-electron chi connectivity index (χ1n) is 10.6. The zero-order valence-electron chi connectivity index (χ0n) is 17.6. The third-order valence-electron chi connectivity index (χ3n) is 6.60. The molecule has 2 saturated heterocycles. The molecule has 0 unspecified atom stereocenters. The lowest BCUT2D eigenvalue weighted by molar-refractivity contribution is -0.131. The predicted molar refractivity (Wildman–Crippen MR) is 111 cm³/mol. The number of hydrogen-bond donors (Lipinski definition) is 1. The minimum absolute atomic E-state index is 0.00727. The van der Waals surface area contributed by atoms with Crippen molar-refractivity contribution >= 4 is 15.7 Å². The number of piperidine rings is 1. The Morgan fingerprint density at radius 3 is 2.83 bits per heavy atom. The van der Waals surface area contributed by atoms with Crippen molar-refractivity contribution in [3.05, 3.63) is 27.4 Å². The fourth-order valence-electron chi connectivity index (χ4n) is 5.07. The van der Waals surface area contributed by atoms with Gasteiger partial charge >= 0.3 is 0 Å². The maximum atomic E-state index is 12.9. The van der Waals surface area contributed by atoms with E-state index in [1.165, 1.54) is 7.11 Å². The molecule has 0 bridgehead atoms. The SMILES string of the molecule is CO[C@@H]1CS(=O)(=O)C[C@@H]1NCC(=O)N1CCC[C@H](c2c(C)c(=O)nc3n2CCC3)C1. The van der Waals surface area contributed by atoms with Crippen LogP contribution in [-0.4, -0.2) is 79.2 Å². The van der Waals surface area contributed by atoms with Crippen molar-refractivity contribution < 1.29 is 17.9 Å². The van der Waals surface area contributed by atoms with Gasteiger partial charge in [-0.2, -0.15) is 4.98 Å². The molecule has 30 heavy (non-hydrogen) atoms. The third kappa shape index (κ3) is 4.17. The van der Waals surface area contributed by atoms with E-state index in [4.69, 9.17) is 4.74 Å². The normalized spacial score (nSPS) is 27.9. The van der Waals surface area contributed by atoms with E-state index < -0.39 is 15.9 Å². The first kappa shape index (κ1) is 21.5. The molecule has 4 rings (SSSR count). The molecule has 1 aromatic rings. The summed E-state index contributed by atoms with van der Waals surface area (Å²) >= 11 is 0. The van der Waals surface area contributed by atoms with Crippen LogP contribution in [0, 0.1) is 6.92 Å². The summed E-state index contributed by atoms with van der Waals surface area (Å²) < 4.78 is 31.2. The van der Waals surface area contributed by atoms with Gasteiger partial charge in [-0.1, -0.05) is 0 Å². The Bertz CT molecular complexity index is 990. The average Bonchev–Trinajstić information content (AvgIpc) is 3.29. The molecule has 0 spiro atoms. The molecule has 10 heteroatoms. The van der Waals surface area contributed by atoms with Gasteiger partial charge < -0.3 is 19.5 Å². The van der Waals surface area contributed by atoms with Gasteiger partial charge in [-0.05, 0) is 26.2 Å². The largest absolute Gasteiger partial charge is 0.379 e. The molecule has 0 radical (unpaired) electrons. The number of amides is 1. The van der Waals surface area contributed by atoms with Crippen LogP contribution >= 0.6 is 0 Å². The van der Waals surface area contributed by atoms with Crippen LogP contribution in [0.5, 0.6) is 0 Å². The summed E-state index contributed by atoms with van der Waals surface area (Å²) in [5, 5.41) is 3.09. The molecule has 3 aliphatic heterocycles. The van der Waals surface area contributed by atoms with E-state index in [9.17, 15) is 18.0 Å². The van der Waals surface area contributed by atoms with E-state index in [-0.39, 0.29) is 41.5 Å². The zero-order valence-corrected chi connectivity index (χ0v) is 18.4. The Labute approximate surface area is 176 Å². The predicted octanol–water partition coefficient (Wildman–Crippen LogP) is -0.394. The van der Waals surface area contributed by atoms with Crippen molar-refractivity contribution in [2.45, 2.75) is 57.2 Å². The highest BCUT2D eigenvalue weighted by Gasteiger charge is 2.38. The zero-order chi connectivity index (χ0) is 21.5. The minimum atomic E-state index is -3.14. The van der Waals surface area contributed by atoms with Crippen LogP contribution in [0.2, 0.25) is 0 Å². The highest BCUT2D eigenvalue weighted by Crippen LogP contribution is 2.30. The lowest BCUT2D eigenvalue weighted by atomic mass is 9.91. The summed E-state index contributed by atoms with van der Waals surface area (Å²) in [5.74, 6) is 0.914. The van der Waals surface area contributed by atoms with Crippen LogP contribution in [0.25, 0.3) is 0 Å². The van der Waals surface area contributed by atoms with Gasteiger partial charge in [-0.15, -0.1) is 0 Å². The first-order chi connectivity index (χ1) is 14.3. The Morgan fingerprint density at radius 2 is 2.07 bits per heavy atom. The molecule has 4 heterocycles. The van der Waals surface area contributed by atoms with E-state index in [2.05, 4.69) is 14.9 Å². The molecule has 3 aliphatic rings. The molecule has 0 aromatic carbocycles. The smallest absolute Gasteiger partial charge is 0.276 e. The summed E-state index contributed by atoms with van der Waals surface area (Å²) in [7, 11) is -1.64. The summed E-state index contributed by atoms with van der Waals surface area (Å²) in [6, 6.07) is -0.367.